The molecule has 1 amide bonds. The first-order valence-corrected chi connectivity index (χ1v) is 10.8. The second-order valence-electron chi connectivity index (χ2n) is 7.63. The minimum atomic E-state index is -0.528. The third kappa shape index (κ3) is 4.51. The number of hydrogen-bond acceptors (Lipinski definition) is 6. The first kappa shape index (κ1) is 23.1. The summed E-state index contributed by atoms with van der Waals surface area (Å²) in [6, 6.07) is 15.3. The predicted octanol–water partition coefficient (Wildman–Crippen LogP) is 3.66. The van der Waals surface area contributed by atoms with Crippen molar-refractivity contribution in [3.05, 3.63) is 82.9 Å². The van der Waals surface area contributed by atoms with E-state index in [9.17, 15) is 14.0 Å². The molecule has 0 fully saturated rings. The maximum Gasteiger partial charge on any atom is 0.310 e. The van der Waals surface area contributed by atoms with E-state index in [0.29, 0.717) is 22.3 Å². The number of nitrogens with zero attached hydrogens (tertiary/aromatic N) is 3. The molecule has 2 aromatic heterocycles. The lowest BCUT2D eigenvalue weighted by Crippen LogP contribution is -2.19. The highest BCUT2D eigenvalue weighted by molar-refractivity contribution is 6.08. The van der Waals surface area contributed by atoms with Gasteiger partial charge in [-0.25, -0.2) is 13.9 Å². The van der Waals surface area contributed by atoms with Gasteiger partial charge in [0.1, 0.15) is 5.82 Å². The molecule has 0 aliphatic heterocycles. The molecular weight excluding hydrogens is 437 g/mol. The maximum atomic E-state index is 15.0. The molecule has 4 aromatic rings. The molecule has 4 rings (SSSR count). The van der Waals surface area contributed by atoms with E-state index in [-0.39, 0.29) is 36.7 Å². The van der Waals surface area contributed by atoms with Crippen LogP contribution in [0.3, 0.4) is 0 Å². The first-order chi connectivity index (χ1) is 16.4. The van der Waals surface area contributed by atoms with Crippen molar-refractivity contribution in [2.45, 2.75) is 26.8 Å². The van der Waals surface area contributed by atoms with Crippen molar-refractivity contribution >= 4 is 23.1 Å². The number of hydrogen-bond donors (Lipinski definition) is 2. The zero-order valence-corrected chi connectivity index (χ0v) is 18.8. The van der Waals surface area contributed by atoms with E-state index in [0.717, 1.165) is 5.69 Å². The van der Waals surface area contributed by atoms with Crippen LogP contribution in [0.25, 0.3) is 16.9 Å². The van der Waals surface area contributed by atoms with Gasteiger partial charge < -0.3 is 15.8 Å². The van der Waals surface area contributed by atoms with Gasteiger partial charge in [0.15, 0.2) is 11.5 Å². The lowest BCUT2D eigenvalue weighted by molar-refractivity contribution is -0.142. The summed E-state index contributed by atoms with van der Waals surface area (Å²) in [7, 11) is 0. The molecule has 0 bridgehead atoms. The molecule has 0 spiro atoms. The molecule has 0 aliphatic carbocycles. The number of para-hydroxylation sites is 1. The molecular formula is C25H24FN5O3. The van der Waals surface area contributed by atoms with Crippen LogP contribution in [0.1, 0.15) is 34.2 Å². The zero-order valence-electron chi connectivity index (χ0n) is 18.8. The van der Waals surface area contributed by atoms with Crippen LogP contribution in [0.2, 0.25) is 0 Å². The lowest BCUT2D eigenvalue weighted by atomic mass is 10.1. The molecule has 174 valence electrons. The van der Waals surface area contributed by atoms with Crippen LogP contribution in [0.15, 0.2) is 54.6 Å². The van der Waals surface area contributed by atoms with Crippen molar-refractivity contribution in [3.8, 4) is 11.4 Å². The Morgan fingerprint density at radius 3 is 2.62 bits per heavy atom. The summed E-state index contributed by atoms with van der Waals surface area (Å²) >= 11 is 0. The molecule has 9 heteroatoms. The number of carbonyl (C=O) groups is 2. The van der Waals surface area contributed by atoms with Crippen LogP contribution < -0.4 is 11.1 Å². The Morgan fingerprint density at radius 1 is 1.09 bits per heavy atom. The number of aryl methyl sites for hydroxylation is 1. The summed E-state index contributed by atoms with van der Waals surface area (Å²) in [4.78, 5) is 29.7. The molecule has 34 heavy (non-hydrogen) atoms. The molecule has 3 N–H and O–H groups in total. The molecule has 0 saturated heterocycles. The van der Waals surface area contributed by atoms with Gasteiger partial charge in [0.2, 0.25) is 0 Å². The zero-order chi connectivity index (χ0) is 24.2. The molecule has 0 saturated carbocycles. The van der Waals surface area contributed by atoms with Gasteiger partial charge in [0.25, 0.3) is 5.91 Å². The number of esters is 1. The fourth-order valence-electron chi connectivity index (χ4n) is 3.66. The third-order valence-corrected chi connectivity index (χ3v) is 5.36. The van der Waals surface area contributed by atoms with E-state index in [1.165, 1.54) is 0 Å². The topological polar surface area (TPSA) is 112 Å². The van der Waals surface area contributed by atoms with Crippen molar-refractivity contribution in [2.24, 2.45) is 5.73 Å². The quantitative estimate of drug-likeness (QED) is 0.406. The summed E-state index contributed by atoms with van der Waals surface area (Å²) in [6.07, 6.45) is 0.00998. The second kappa shape index (κ2) is 9.80. The van der Waals surface area contributed by atoms with Crippen LogP contribution >= 0.6 is 0 Å². The van der Waals surface area contributed by atoms with Gasteiger partial charge in [-0.3, -0.25) is 9.59 Å². The van der Waals surface area contributed by atoms with Crippen LogP contribution in [-0.2, 0) is 22.5 Å². The van der Waals surface area contributed by atoms with E-state index < -0.39 is 17.7 Å². The smallest absolute Gasteiger partial charge is 0.310 e. The van der Waals surface area contributed by atoms with Crippen molar-refractivity contribution in [1.29, 1.82) is 0 Å². The monoisotopic (exact) mass is 461 g/mol. The van der Waals surface area contributed by atoms with Gasteiger partial charge in [-0.05, 0) is 43.7 Å². The highest BCUT2D eigenvalue weighted by Crippen LogP contribution is 2.25. The van der Waals surface area contributed by atoms with E-state index in [1.807, 2.05) is 6.92 Å². The Morgan fingerprint density at radius 2 is 1.85 bits per heavy atom. The number of aromatic nitrogens is 3. The Bertz CT molecular complexity index is 1380. The normalized spacial score (nSPS) is 10.9. The van der Waals surface area contributed by atoms with E-state index in [4.69, 9.17) is 10.5 Å². The van der Waals surface area contributed by atoms with Crippen molar-refractivity contribution in [2.75, 3.05) is 11.9 Å². The van der Waals surface area contributed by atoms with Gasteiger partial charge >= 0.3 is 5.97 Å². The van der Waals surface area contributed by atoms with Gasteiger partial charge in [-0.15, -0.1) is 5.10 Å². The standard InChI is InChI=1S/C25H24FN5O3/c1-3-34-21(32)13-16-7-4-5-10-19(16)28-25(33)23-20-12-11-15(2)31(20)30-24(29-23)18-9-6-8-17(14-27)22(18)26/h4-12H,3,13-14,27H2,1-2H3,(H,28,33). The van der Waals surface area contributed by atoms with Crippen LogP contribution in [0.4, 0.5) is 10.1 Å². The van der Waals surface area contributed by atoms with Gasteiger partial charge in [0, 0.05) is 23.5 Å². The number of fused-ring (bicyclic) bond motifs is 1. The number of amides is 1. The van der Waals surface area contributed by atoms with Crippen LogP contribution in [-0.4, -0.2) is 33.1 Å². The second-order valence-corrected chi connectivity index (χ2v) is 7.63. The summed E-state index contributed by atoms with van der Waals surface area (Å²) in [5.41, 5.74) is 8.47. The van der Waals surface area contributed by atoms with E-state index >= 15 is 0 Å². The Kier molecular flexibility index (Phi) is 6.65. The SMILES string of the molecule is CCOC(=O)Cc1ccccc1NC(=O)c1nc(-c2cccc(CN)c2F)nn2c(C)ccc12. The number of nitrogens with one attached hydrogen (secondary N) is 1. The molecule has 0 atom stereocenters. The van der Waals surface area contributed by atoms with Gasteiger partial charge in [-0.1, -0.05) is 30.3 Å². The largest absolute Gasteiger partial charge is 0.466 e. The summed E-state index contributed by atoms with van der Waals surface area (Å²) in [6.45, 7) is 3.85. The number of benzene rings is 2. The minimum Gasteiger partial charge on any atom is -0.466 e. The Labute approximate surface area is 195 Å². The van der Waals surface area contributed by atoms with E-state index in [1.54, 1.807) is 66.0 Å². The fraction of sp³-hybridized carbons (Fsp3) is 0.200. The molecule has 0 unspecified atom stereocenters. The van der Waals surface area contributed by atoms with Gasteiger partial charge in [0.05, 0.1) is 24.1 Å². The summed E-state index contributed by atoms with van der Waals surface area (Å²) in [5.74, 6) is -1.38. The summed E-state index contributed by atoms with van der Waals surface area (Å²) < 4.78 is 21.6. The number of nitrogens with two attached hydrogens (primary N) is 1. The number of ether oxygens (including phenoxy) is 1. The Hall–Kier alpha value is -4.11. The van der Waals surface area contributed by atoms with Crippen molar-refractivity contribution < 1.29 is 18.7 Å². The average molecular weight is 461 g/mol. The lowest BCUT2D eigenvalue weighted by Gasteiger charge is -2.13. The molecule has 0 aliphatic rings. The molecule has 0 radical (unpaired) electrons. The van der Waals surface area contributed by atoms with Crippen molar-refractivity contribution in [3.63, 3.8) is 0 Å². The maximum absolute atomic E-state index is 15.0. The number of halogens is 1. The van der Waals surface area contributed by atoms with Crippen LogP contribution in [0, 0.1) is 12.7 Å². The number of carbonyl (C=O) groups excluding carboxylic acids is 2. The summed E-state index contributed by atoms with van der Waals surface area (Å²) in [5, 5.41) is 7.28. The highest BCUT2D eigenvalue weighted by atomic mass is 19.1. The minimum absolute atomic E-state index is 0.00998. The first-order valence-electron chi connectivity index (χ1n) is 10.8. The molecule has 2 aromatic carbocycles. The van der Waals surface area contributed by atoms with Crippen molar-refractivity contribution in [1.82, 2.24) is 14.6 Å². The highest BCUT2D eigenvalue weighted by Gasteiger charge is 2.21. The Balaban J connectivity index is 1.76. The number of rotatable bonds is 7. The molecule has 8 nitrogen and oxygen atoms in total. The van der Waals surface area contributed by atoms with E-state index in [2.05, 4.69) is 15.4 Å². The molecule has 2 heterocycles. The fourth-order valence-corrected chi connectivity index (χ4v) is 3.66. The average Bonchev–Trinajstić information content (AvgIpc) is 3.20. The number of anilines is 1. The van der Waals surface area contributed by atoms with Gasteiger partial charge in [-0.2, -0.15) is 0 Å². The predicted molar refractivity (Wildman–Crippen MR) is 126 cm³/mol. The third-order valence-electron chi connectivity index (χ3n) is 5.36. The van der Waals surface area contributed by atoms with Crippen LogP contribution in [0.5, 0.6) is 0 Å².